The SMILES string of the molecule is CNc1nc(Cc2ccccc2)nn1C. The van der Waals surface area contributed by atoms with Gasteiger partial charge in [-0.25, -0.2) is 4.68 Å². The van der Waals surface area contributed by atoms with Gasteiger partial charge >= 0.3 is 0 Å². The van der Waals surface area contributed by atoms with Crippen molar-refractivity contribution < 1.29 is 0 Å². The highest BCUT2D eigenvalue weighted by atomic mass is 15.4. The van der Waals surface area contributed by atoms with Gasteiger partial charge in [0.1, 0.15) is 0 Å². The Balaban J connectivity index is 2.18. The number of hydrogen-bond donors (Lipinski definition) is 1. The van der Waals surface area contributed by atoms with Crippen molar-refractivity contribution in [3.63, 3.8) is 0 Å². The highest BCUT2D eigenvalue weighted by Crippen LogP contribution is 2.07. The molecule has 0 radical (unpaired) electrons. The first-order chi connectivity index (χ1) is 7.29. The molecule has 15 heavy (non-hydrogen) atoms. The molecule has 1 aromatic carbocycles. The first-order valence-corrected chi connectivity index (χ1v) is 4.91. The lowest BCUT2D eigenvalue weighted by molar-refractivity contribution is 0.755. The number of aryl methyl sites for hydroxylation is 1. The molecule has 0 aliphatic rings. The molecule has 0 aliphatic heterocycles. The Labute approximate surface area is 89.0 Å². The van der Waals surface area contributed by atoms with Gasteiger partial charge in [-0.3, -0.25) is 0 Å². The van der Waals surface area contributed by atoms with Crippen LogP contribution in [0.1, 0.15) is 11.4 Å². The maximum Gasteiger partial charge on any atom is 0.220 e. The first-order valence-electron chi connectivity index (χ1n) is 4.91. The van der Waals surface area contributed by atoms with Crippen molar-refractivity contribution in [1.82, 2.24) is 14.8 Å². The third-order valence-electron chi connectivity index (χ3n) is 2.24. The van der Waals surface area contributed by atoms with E-state index in [1.165, 1.54) is 5.56 Å². The molecule has 0 saturated carbocycles. The van der Waals surface area contributed by atoms with Crippen molar-refractivity contribution in [2.45, 2.75) is 6.42 Å². The van der Waals surface area contributed by atoms with Crippen LogP contribution in [0.25, 0.3) is 0 Å². The number of anilines is 1. The predicted molar refractivity (Wildman–Crippen MR) is 59.8 cm³/mol. The molecule has 0 spiro atoms. The second-order valence-electron chi connectivity index (χ2n) is 3.39. The molecular formula is C11H14N4. The Kier molecular flexibility index (Phi) is 2.67. The fourth-order valence-electron chi connectivity index (χ4n) is 1.51. The first kappa shape index (κ1) is 9.71. The number of nitrogens with one attached hydrogen (secondary N) is 1. The van der Waals surface area contributed by atoms with Crippen LogP contribution >= 0.6 is 0 Å². The maximum atomic E-state index is 4.36. The van der Waals surface area contributed by atoms with Gasteiger partial charge in [0.25, 0.3) is 0 Å². The summed E-state index contributed by atoms with van der Waals surface area (Å²) in [6, 6.07) is 10.2. The zero-order valence-electron chi connectivity index (χ0n) is 8.94. The van der Waals surface area contributed by atoms with Crippen molar-refractivity contribution in [1.29, 1.82) is 0 Å². The largest absolute Gasteiger partial charge is 0.358 e. The molecule has 4 heteroatoms. The summed E-state index contributed by atoms with van der Waals surface area (Å²) in [7, 11) is 3.73. The van der Waals surface area contributed by atoms with Crippen molar-refractivity contribution in [2.24, 2.45) is 7.05 Å². The van der Waals surface area contributed by atoms with E-state index in [0.717, 1.165) is 18.2 Å². The summed E-state index contributed by atoms with van der Waals surface area (Å²) in [5, 5.41) is 7.31. The number of nitrogens with zero attached hydrogens (tertiary/aromatic N) is 3. The minimum atomic E-state index is 0.774. The van der Waals surface area contributed by atoms with E-state index < -0.39 is 0 Å². The Morgan fingerprint density at radius 2 is 2.00 bits per heavy atom. The maximum absolute atomic E-state index is 4.36. The molecule has 0 bridgehead atoms. The molecule has 0 atom stereocenters. The van der Waals surface area contributed by atoms with Crippen LogP contribution in [-0.4, -0.2) is 21.8 Å². The number of aromatic nitrogens is 3. The highest BCUT2D eigenvalue weighted by Gasteiger charge is 2.05. The standard InChI is InChI=1S/C11H14N4/c1-12-11-13-10(14-15(11)2)8-9-6-4-3-5-7-9/h3-7H,8H2,1-2H3,(H,12,13,14). The van der Waals surface area contributed by atoms with Gasteiger partial charge in [0, 0.05) is 20.5 Å². The van der Waals surface area contributed by atoms with E-state index in [-0.39, 0.29) is 0 Å². The normalized spacial score (nSPS) is 10.3. The van der Waals surface area contributed by atoms with Crippen molar-refractivity contribution in [2.75, 3.05) is 12.4 Å². The molecule has 0 aliphatic carbocycles. The molecule has 1 heterocycles. The minimum Gasteiger partial charge on any atom is -0.358 e. The van der Waals surface area contributed by atoms with Gasteiger partial charge in [-0.05, 0) is 5.56 Å². The van der Waals surface area contributed by atoms with Crippen molar-refractivity contribution >= 4 is 5.95 Å². The van der Waals surface area contributed by atoms with E-state index in [0.29, 0.717) is 0 Å². The number of benzene rings is 1. The molecule has 1 aromatic heterocycles. The summed E-state index contributed by atoms with van der Waals surface area (Å²) >= 11 is 0. The molecule has 78 valence electrons. The summed E-state index contributed by atoms with van der Waals surface area (Å²) in [5.41, 5.74) is 1.23. The monoisotopic (exact) mass is 202 g/mol. The second-order valence-corrected chi connectivity index (χ2v) is 3.39. The van der Waals surface area contributed by atoms with E-state index >= 15 is 0 Å². The summed E-state index contributed by atoms with van der Waals surface area (Å²) in [4.78, 5) is 4.36. The molecule has 1 N–H and O–H groups in total. The fourth-order valence-corrected chi connectivity index (χ4v) is 1.51. The fraction of sp³-hybridized carbons (Fsp3) is 0.273. The summed E-state index contributed by atoms with van der Waals surface area (Å²) < 4.78 is 1.75. The van der Waals surface area contributed by atoms with E-state index in [1.54, 1.807) is 4.68 Å². The highest BCUT2D eigenvalue weighted by molar-refractivity contribution is 5.25. The van der Waals surface area contributed by atoms with Gasteiger partial charge in [-0.15, -0.1) is 0 Å². The summed E-state index contributed by atoms with van der Waals surface area (Å²) in [5.74, 6) is 1.63. The molecule has 0 amide bonds. The van der Waals surface area contributed by atoms with Gasteiger partial charge in [-0.1, -0.05) is 30.3 Å². The lowest BCUT2D eigenvalue weighted by Gasteiger charge is -1.94. The Morgan fingerprint density at radius 1 is 1.27 bits per heavy atom. The topological polar surface area (TPSA) is 42.7 Å². The Bertz CT molecular complexity index is 433. The van der Waals surface area contributed by atoms with Crippen molar-refractivity contribution in [3.05, 3.63) is 41.7 Å². The van der Waals surface area contributed by atoms with E-state index in [2.05, 4.69) is 27.5 Å². The van der Waals surface area contributed by atoms with Crippen LogP contribution in [0.15, 0.2) is 30.3 Å². The lowest BCUT2D eigenvalue weighted by Crippen LogP contribution is -1.98. The van der Waals surface area contributed by atoms with E-state index in [1.807, 2.05) is 32.3 Å². The van der Waals surface area contributed by atoms with Gasteiger partial charge < -0.3 is 5.32 Å². The number of rotatable bonds is 3. The van der Waals surface area contributed by atoms with E-state index in [4.69, 9.17) is 0 Å². The van der Waals surface area contributed by atoms with Gasteiger partial charge in [-0.2, -0.15) is 10.1 Å². The molecule has 4 nitrogen and oxygen atoms in total. The lowest BCUT2D eigenvalue weighted by atomic mass is 10.1. The van der Waals surface area contributed by atoms with Crippen LogP contribution in [0.2, 0.25) is 0 Å². The smallest absolute Gasteiger partial charge is 0.220 e. The Hall–Kier alpha value is -1.84. The molecule has 0 unspecified atom stereocenters. The van der Waals surface area contributed by atoms with Gasteiger partial charge in [0.2, 0.25) is 5.95 Å². The van der Waals surface area contributed by atoms with Gasteiger partial charge in [0.15, 0.2) is 5.82 Å². The Morgan fingerprint density at radius 3 is 2.60 bits per heavy atom. The van der Waals surface area contributed by atoms with Crippen LogP contribution in [-0.2, 0) is 13.5 Å². The predicted octanol–water partition coefficient (Wildman–Crippen LogP) is 1.45. The van der Waals surface area contributed by atoms with Crippen LogP contribution in [0.3, 0.4) is 0 Å². The molecule has 0 fully saturated rings. The van der Waals surface area contributed by atoms with Gasteiger partial charge in [0.05, 0.1) is 0 Å². The van der Waals surface area contributed by atoms with Crippen LogP contribution in [0.5, 0.6) is 0 Å². The van der Waals surface area contributed by atoms with Crippen LogP contribution < -0.4 is 5.32 Å². The zero-order chi connectivity index (χ0) is 10.7. The third kappa shape index (κ3) is 2.15. The molecule has 0 saturated heterocycles. The molecule has 2 rings (SSSR count). The molecule has 2 aromatic rings. The summed E-state index contributed by atoms with van der Waals surface area (Å²) in [6.45, 7) is 0. The third-order valence-corrected chi connectivity index (χ3v) is 2.24. The molecular weight excluding hydrogens is 188 g/mol. The average molecular weight is 202 g/mol. The number of hydrogen-bond acceptors (Lipinski definition) is 3. The van der Waals surface area contributed by atoms with Crippen LogP contribution in [0, 0.1) is 0 Å². The average Bonchev–Trinajstić information content (AvgIpc) is 2.60. The van der Waals surface area contributed by atoms with Crippen LogP contribution in [0.4, 0.5) is 5.95 Å². The minimum absolute atomic E-state index is 0.774. The van der Waals surface area contributed by atoms with E-state index in [9.17, 15) is 0 Å². The zero-order valence-corrected chi connectivity index (χ0v) is 8.94. The summed E-state index contributed by atoms with van der Waals surface area (Å²) in [6.07, 6.45) is 0.774. The van der Waals surface area contributed by atoms with Crippen molar-refractivity contribution in [3.8, 4) is 0 Å². The second kappa shape index (κ2) is 4.13. The quantitative estimate of drug-likeness (QED) is 0.819.